The van der Waals surface area contributed by atoms with E-state index in [-0.39, 0.29) is 18.2 Å². The molecule has 0 saturated carbocycles. The van der Waals surface area contributed by atoms with Crippen molar-refractivity contribution >= 4 is 11.5 Å². The number of benzene rings is 3. The number of anilines is 1. The summed E-state index contributed by atoms with van der Waals surface area (Å²) in [6.07, 6.45) is 1.89. The molecule has 1 aliphatic carbocycles. The van der Waals surface area contributed by atoms with Crippen LogP contribution in [0.2, 0.25) is 0 Å². The highest BCUT2D eigenvalue weighted by atomic mass is 19.1. The summed E-state index contributed by atoms with van der Waals surface area (Å²) in [5, 5.41) is 10.4. The summed E-state index contributed by atoms with van der Waals surface area (Å²) < 4.78 is 19.2. The Morgan fingerprint density at radius 2 is 1.74 bits per heavy atom. The van der Waals surface area contributed by atoms with Gasteiger partial charge in [0.2, 0.25) is 0 Å². The first kappa shape index (κ1) is 25.3. The van der Waals surface area contributed by atoms with Gasteiger partial charge in [0, 0.05) is 23.4 Å². The SMILES string of the molecule is Cc1ccc(N2C(N)=C(C#N)C(c3cc(COc4ccc(F)cc4)c(C)cc3C)C3=C2CCCC3=O)cc1. The zero-order valence-electron chi connectivity index (χ0n) is 21.8. The number of nitriles is 1. The number of aryl methyl sites for hydroxylation is 3. The summed E-state index contributed by atoms with van der Waals surface area (Å²) in [4.78, 5) is 15.4. The topological polar surface area (TPSA) is 79.3 Å². The Balaban J connectivity index is 1.61. The number of ether oxygens (including phenoxy) is 1. The highest BCUT2D eigenvalue weighted by Gasteiger charge is 2.41. The zero-order chi connectivity index (χ0) is 27.0. The summed E-state index contributed by atoms with van der Waals surface area (Å²) in [5.41, 5.74) is 14.4. The molecule has 0 aromatic heterocycles. The lowest BCUT2D eigenvalue weighted by atomic mass is 9.74. The summed E-state index contributed by atoms with van der Waals surface area (Å²) in [6.45, 7) is 6.29. The first-order chi connectivity index (χ1) is 18.3. The minimum Gasteiger partial charge on any atom is -0.489 e. The molecule has 3 aromatic carbocycles. The van der Waals surface area contributed by atoms with E-state index in [1.807, 2.05) is 56.0 Å². The summed E-state index contributed by atoms with van der Waals surface area (Å²) in [6, 6.07) is 20.3. The second-order valence-corrected chi connectivity index (χ2v) is 10.0. The second kappa shape index (κ2) is 10.2. The molecule has 3 aromatic rings. The van der Waals surface area contributed by atoms with Gasteiger partial charge >= 0.3 is 0 Å². The van der Waals surface area contributed by atoms with Crippen molar-refractivity contribution in [2.75, 3.05) is 4.90 Å². The third-order valence-corrected chi connectivity index (χ3v) is 7.45. The van der Waals surface area contributed by atoms with Crippen molar-refractivity contribution in [3.63, 3.8) is 0 Å². The van der Waals surface area contributed by atoms with Gasteiger partial charge in [-0.15, -0.1) is 0 Å². The van der Waals surface area contributed by atoms with Crippen molar-refractivity contribution in [2.45, 2.75) is 52.6 Å². The standard InChI is InChI=1S/C32H30FN3O2/c1-19-7-11-24(12-8-19)36-28-5-4-6-29(37)31(28)30(27(17-34)32(36)35)26-16-22(20(2)15-21(26)3)18-38-25-13-9-23(33)10-14-25/h7-16,30H,4-6,18,35H2,1-3H3. The number of allylic oxidation sites excluding steroid dienone is 3. The highest BCUT2D eigenvalue weighted by molar-refractivity contribution is 6.01. The van der Waals surface area contributed by atoms with Gasteiger partial charge in [0.15, 0.2) is 5.78 Å². The summed E-state index contributed by atoms with van der Waals surface area (Å²) in [7, 11) is 0. The van der Waals surface area contributed by atoms with Crippen LogP contribution in [0.1, 0.15) is 53.0 Å². The van der Waals surface area contributed by atoms with E-state index in [4.69, 9.17) is 10.5 Å². The van der Waals surface area contributed by atoms with Crippen molar-refractivity contribution < 1.29 is 13.9 Å². The zero-order valence-corrected chi connectivity index (χ0v) is 21.8. The third-order valence-electron chi connectivity index (χ3n) is 7.45. The smallest absolute Gasteiger partial charge is 0.161 e. The molecule has 2 aliphatic rings. The number of ketones is 1. The van der Waals surface area contributed by atoms with Crippen molar-refractivity contribution in [3.05, 3.63) is 117 Å². The van der Waals surface area contributed by atoms with Crippen LogP contribution >= 0.6 is 0 Å². The average molecular weight is 508 g/mol. The molecule has 0 amide bonds. The largest absolute Gasteiger partial charge is 0.489 e. The Morgan fingerprint density at radius 1 is 1.03 bits per heavy atom. The lowest BCUT2D eigenvalue weighted by Crippen LogP contribution is -2.38. The number of halogens is 1. The lowest BCUT2D eigenvalue weighted by molar-refractivity contribution is -0.116. The minimum absolute atomic E-state index is 0.0534. The molecule has 0 radical (unpaired) electrons. The molecule has 38 heavy (non-hydrogen) atoms. The Kier molecular flexibility index (Phi) is 6.77. The molecule has 1 heterocycles. The number of carbonyl (C=O) groups excluding carboxylic acids is 1. The van der Waals surface area contributed by atoms with Crippen molar-refractivity contribution in [1.82, 2.24) is 0 Å². The number of nitrogens with zero attached hydrogens (tertiary/aromatic N) is 2. The van der Waals surface area contributed by atoms with E-state index in [1.165, 1.54) is 12.1 Å². The Hall–Kier alpha value is -4.37. The molecular formula is C32H30FN3O2. The molecule has 5 rings (SSSR count). The maximum atomic E-state index is 13.5. The first-order valence-electron chi connectivity index (χ1n) is 12.8. The van der Waals surface area contributed by atoms with Crippen LogP contribution < -0.4 is 15.4 Å². The fourth-order valence-electron chi connectivity index (χ4n) is 5.46. The predicted octanol–water partition coefficient (Wildman–Crippen LogP) is 6.63. The summed E-state index contributed by atoms with van der Waals surface area (Å²) >= 11 is 0. The molecule has 0 fully saturated rings. The van der Waals surface area contributed by atoms with E-state index >= 15 is 0 Å². The van der Waals surface area contributed by atoms with Crippen LogP contribution in [0.15, 0.2) is 83.3 Å². The number of hydrogen-bond acceptors (Lipinski definition) is 5. The molecule has 6 heteroatoms. The Labute approximate surface area is 222 Å². The normalized spacial score (nSPS) is 17.4. The molecule has 1 unspecified atom stereocenters. The van der Waals surface area contributed by atoms with E-state index in [2.05, 4.69) is 12.1 Å². The van der Waals surface area contributed by atoms with Crippen molar-refractivity contribution in [2.24, 2.45) is 5.73 Å². The van der Waals surface area contributed by atoms with Gasteiger partial charge in [-0.1, -0.05) is 29.8 Å². The quantitative estimate of drug-likeness (QED) is 0.419. The monoisotopic (exact) mass is 507 g/mol. The molecule has 0 spiro atoms. The van der Waals surface area contributed by atoms with Gasteiger partial charge in [-0.2, -0.15) is 5.26 Å². The first-order valence-corrected chi connectivity index (χ1v) is 12.8. The van der Waals surface area contributed by atoms with Crippen LogP contribution in [-0.2, 0) is 11.4 Å². The molecule has 0 saturated heterocycles. The van der Waals surface area contributed by atoms with Crippen LogP contribution in [0.5, 0.6) is 5.75 Å². The maximum absolute atomic E-state index is 13.5. The molecule has 0 bridgehead atoms. The van der Waals surface area contributed by atoms with E-state index in [9.17, 15) is 14.4 Å². The number of Topliss-reactive ketones (excluding diaryl/α,β-unsaturated/α-hetero) is 1. The van der Waals surface area contributed by atoms with Crippen LogP contribution in [0, 0.1) is 37.9 Å². The lowest BCUT2D eigenvalue weighted by Gasteiger charge is -2.40. The average Bonchev–Trinajstić information content (AvgIpc) is 2.90. The molecule has 2 N–H and O–H groups in total. The Bertz CT molecular complexity index is 1510. The molecule has 1 atom stereocenters. The number of nitrogens with two attached hydrogens (primary N) is 1. The van der Waals surface area contributed by atoms with E-state index in [1.54, 1.807) is 12.1 Å². The molecule has 1 aliphatic heterocycles. The summed E-state index contributed by atoms with van der Waals surface area (Å²) in [5.74, 6) is 0.109. The van der Waals surface area contributed by atoms with Crippen LogP contribution in [0.4, 0.5) is 10.1 Å². The predicted molar refractivity (Wildman–Crippen MR) is 146 cm³/mol. The third kappa shape index (κ3) is 4.56. The van der Waals surface area contributed by atoms with Gasteiger partial charge in [0.1, 0.15) is 24.0 Å². The minimum atomic E-state index is -0.547. The number of carbonyl (C=O) groups is 1. The molecular weight excluding hydrogens is 477 g/mol. The maximum Gasteiger partial charge on any atom is 0.161 e. The van der Waals surface area contributed by atoms with Gasteiger partial charge in [0.05, 0.1) is 17.6 Å². The number of hydrogen-bond donors (Lipinski definition) is 1. The van der Waals surface area contributed by atoms with Gasteiger partial charge in [-0.25, -0.2) is 4.39 Å². The van der Waals surface area contributed by atoms with Crippen LogP contribution in [0.3, 0.4) is 0 Å². The van der Waals surface area contributed by atoms with E-state index in [0.29, 0.717) is 35.6 Å². The van der Waals surface area contributed by atoms with Gasteiger partial charge < -0.3 is 10.5 Å². The Morgan fingerprint density at radius 3 is 2.42 bits per heavy atom. The number of rotatable bonds is 5. The fourth-order valence-corrected chi connectivity index (χ4v) is 5.46. The fraction of sp³-hybridized carbons (Fsp3) is 0.250. The second-order valence-electron chi connectivity index (χ2n) is 10.0. The highest BCUT2D eigenvalue weighted by Crippen LogP contribution is 2.47. The van der Waals surface area contributed by atoms with Gasteiger partial charge in [-0.05, 0) is 92.3 Å². The van der Waals surface area contributed by atoms with Gasteiger partial charge in [0.25, 0.3) is 0 Å². The van der Waals surface area contributed by atoms with Crippen molar-refractivity contribution in [3.8, 4) is 11.8 Å². The van der Waals surface area contributed by atoms with Crippen LogP contribution in [-0.4, -0.2) is 5.78 Å². The van der Waals surface area contributed by atoms with E-state index in [0.717, 1.165) is 45.6 Å². The van der Waals surface area contributed by atoms with E-state index < -0.39 is 5.92 Å². The van der Waals surface area contributed by atoms with Crippen LogP contribution in [0.25, 0.3) is 0 Å². The van der Waals surface area contributed by atoms with Gasteiger partial charge in [-0.3, -0.25) is 9.69 Å². The molecule has 5 nitrogen and oxygen atoms in total. The van der Waals surface area contributed by atoms with Crippen molar-refractivity contribution in [1.29, 1.82) is 5.26 Å². The molecule has 192 valence electrons.